The lowest BCUT2D eigenvalue weighted by Gasteiger charge is -2.24. The van der Waals surface area contributed by atoms with Gasteiger partial charge in [-0.15, -0.1) is 5.10 Å². The van der Waals surface area contributed by atoms with Crippen molar-refractivity contribution in [1.29, 1.82) is 5.26 Å². The lowest BCUT2D eigenvalue weighted by atomic mass is 10.0. The number of aromatic hydroxyl groups is 1. The van der Waals surface area contributed by atoms with Gasteiger partial charge in [0.05, 0.1) is 30.5 Å². The molecule has 0 unspecified atom stereocenters. The van der Waals surface area contributed by atoms with Crippen LogP contribution in [0.5, 0.6) is 11.5 Å². The molecule has 0 aliphatic rings. The molecule has 0 saturated heterocycles. The molecular formula is C24H26N8O4. The first-order chi connectivity index (χ1) is 17.3. The molecule has 0 spiro atoms. The van der Waals surface area contributed by atoms with Crippen LogP contribution in [0.4, 0.5) is 0 Å². The van der Waals surface area contributed by atoms with Crippen LogP contribution in [-0.2, 0) is 11.2 Å². The normalized spacial score (nSPS) is 13.2. The third-order valence-electron chi connectivity index (χ3n) is 5.41. The highest BCUT2D eigenvalue weighted by atomic mass is 16.5. The quantitative estimate of drug-likeness (QED) is 0.298. The number of hydrogen-bond acceptors (Lipinski definition) is 10. The van der Waals surface area contributed by atoms with Crippen LogP contribution in [-0.4, -0.2) is 48.4 Å². The molecule has 4 N–H and O–H groups in total. The number of nitrogens with two attached hydrogens (primary N) is 1. The molecule has 2 atom stereocenters. The predicted molar refractivity (Wildman–Crippen MR) is 128 cm³/mol. The van der Waals surface area contributed by atoms with Gasteiger partial charge in [-0.05, 0) is 48.5 Å². The minimum Gasteiger partial charge on any atom is -0.504 e. The number of ether oxygens (including phenoxy) is 1. The first-order valence-corrected chi connectivity index (χ1v) is 11.3. The summed E-state index contributed by atoms with van der Waals surface area (Å²) in [7, 11) is 0. The van der Waals surface area contributed by atoms with Crippen molar-refractivity contribution in [3.8, 4) is 17.6 Å². The largest absolute Gasteiger partial charge is 0.504 e. The van der Waals surface area contributed by atoms with Crippen LogP contribution in [0.25, 0.3) is 11.1 Å². The molecular weight excluding hydrogens is 464 g/mol. The minimum absolute atomic E-state index is 0.00485. The van der Waals surface area contributed by atoms with Crippen LogP contribution in [0.2, 0.25) is 0 Å². The SMILES string of the molecule is CC(C)(N)C(=O)N[C@H](Cc1nc2ccccc2o1)c1nnnn1[C@H](CC#N)COc1ccccc1O. The monoisotopic (exact) mass is 490 g/mol. The fraction of sp³-hybridized carbons (Fsp3) is 0.333. The van der Waals surface area contributed by atoms with Crippen molar-refractivity contribution in [2.75, 3.05) is 6.61 Å². The second kappa shape index (κ2) is 10.4. The lowest BCUT2D eigenvalue weighted by Crippen LogP contribution is -2.50. The van der Waals surface area contributed by atoms with Gasteiger partial charge < -0.3 is 25.3 Å². The number of oxazole rings is 1. The predicted octanol–water partition coefficient (Wildman–Crippen LogP) is 2.19. The zero-order valence-corrected chi connectivity index (χ0v) is 19.8. The molecule has 0 saturated carbocycles. The Hall–Kier alpha value is -4.50. The van der Waals surface area contributed by atoms with Gasteiger partial charge in [0.1, 0.15) is 18.2 Å². The maximum Gasteiger partial charge on any atom is 0.240 e. The number of nitriles is 1. The van der Waals surface area contributed by atoms with Crippen LogP contribution < -0.4 is 15.8 Å². The second-order valence-corrected chi connectivity index (χ2v) is 8.80. The van der Waals surface area contributed by atoms with Crippen molar-refractivity contribution >= 4 is 17.0 Å². The van der Waals surface area contributed by atoms with Gasteiger partial charge >= 0.3 is 0 Å². The average molecular weight is 491 g/mol. The van der Waals surface area contributed by atoms with E-state index in [4.69, 9.17) is 14.9 Å². The Morgan fingerprint density at radius 2 is 2.03 bits per heavy atom. The standard InChI is InChI=1S/C24H26N8O4/c1-24(2,26)23(34)28-17(13-21-27-16-7-3-5-9-19(16)36-21)22-29-30-31-32(22)15(11-12-25)14-35-20-10-6-4-8-18(20)33/h3-10,15,17,33H,11,13-14,26H2,1-2H3,(H,28,34)/t15-,17-/m1/s1. The van der Waals surface area contributed by atoms with Crippen LogP contribution in [0.1, 0.15) is 44.1 Å². The highest BCUT2D eigenvalue weighted by Crippen LogP contribution is 2.27. The van der Waals surface area contributed by atoms with Crippen molar-refractivity contribution in [1.82, 2.24) is 30.5 Å². The summed E-state index contributed by atoms with van der Waals surface area (Å²) in [4.78, 5) is 17.3. The van der Waals surface area contributed by atoms with Gasteiger partial charge in [-0.25, -0.2) is 9.67 Å². The van der Waals surface area contributed by atoms with Crippen LogP contribution >= 0.6 is 0 Å². The molecule has 4 aromatic rings. The van der Waals surface area contributed by atoms with Gasteiger partial charge in [-0.2, -0.15) is 5.26 Å². The Labute approximate surface area is 206 Å². The van der Waals surface area contributed by atoms with Gasteiger partial charge in [0.25, 0.3) is 0 Å². The fourth-order valence-corrected chi connectivity index (χ4v) is 3.51. The molecule has 0 aliphatic heterocycles. The topological polar surface area (TPSA) is 178 Å². The molecule has 12 nitrogen and oxygen atoms in total. The Kier molecular flexibility index (Phi) is 7.12. The highest BCUT2D eigenvalue weighted by molar-refractivity contribution is 5.85. The summed E-state index contributed by atoms with van der Waals surface area (Å²) in [6, 6.07) is 14.5. The maximum atomic E-state index is 12.8. The first-order valence-electron chi connectivity index (χ1n) is 11.3. The van der Waals surface area contributed by atoms with Crippen molar-refractivity contribution in [2.45, 2.75) is 44.3 Å². The number of benzene rings is 2. The van der Waals surface area contributed by atoms with E-state index < -0.39 is 23.5 Å². The number of amides is 1. The summed E-state index contributed by atoms with van der Waals surface area (Å²) < 4.78 is 13.0. The first kappa shape index (κ1) is 24.6. The van der Waals surface area contributed by atoms with Crippen molar-refractivity contribution < 1.29 is 19.1 Å². The Balaban J connectivity index is 1.64. The van der Waals surface area contributed by atoms with Gasteiger partial charge in [0.2, 0.25) is 5.91 Å². The van der Waals surface area contributed by atoms with Crippen LogP contribution in [0.15, 0.2) is 52.9 Å². The molecule has 1 amide bonds. The van der Waals surface area contributed by atoms with E-state index in [2.05, 4.69) is 31.9 Å². The lowest BCUT2D eigenvalue weighted by molar-refractivity contribution is -0.126. The number of carbonyl (C=O) groups is 1. The minimum atomic E-state index is -1.17. The molecule has 0 fully saturated rings. The summed E-state index contributed by atoms with van der Waals surface area (Å²) in [5.74, 6) is 0.442. The number of nitrogens with zero attached hydrogens (tertiary/aromatic N) is 6. The van der Waals surface area contributed by atoms with Crippen molar-refractivity contribution in [3.05, 3.63) is 60.2 Å². The summed E-state index contributed by atoms with van der Waals surface area (Å²) in [6.45, 7) is 3.16. The van der Waals surface area contributed by atoms with E-state index in [1.807, 2.05) is 18.2 Å². The molecule has 0 aliphatic carbocycles. The van der Waals surface area contributed by atoms with Crippen LogP contribution in [0.3, 0.4) is 0 Å². The molecule has 2 heterocycles. The number of nitrogens with one attached hydrogen (secondary N) is 1. The van der Waals surface area contributed by atoms with Crippen LogP contribution in [0, 0.1) is 11.3 Å². The second-order valence-electron chi connectivity index (χ2n) is 8.80. The molecule has 4 rings (SSSR count). The number of phenolic OH excluding ortho intramolecular Hbond substituents is 1. The number of rotatable bonds is 10. The molecule has 0 bridgehead atoms. The number of aromatic nitrogens is 5. The zero-order chi connectivity index (χ0) is 25.7. The Morgan fingerprint density at radius 3 is 2.75 bits per heavy atom. The van der Waals surface area contributed by atoms with Gasteiger partial charge in [0, 0.05) is 0 Å². The third-order valence-corrected chi connectivity index (χ3v) is 5.41. The Morgan fingerprint density at radius 1 is 1.28 bits per heavy atom. The van der Waals surface area contributed by atoms with E-state index >= 15 is 0 Å². The number of para-hydroxylation sites is 4. The zero-order valence-electron chi connectivity index (χ0n) is 19.8. The highest BCUT2D eigenvalue weighted by Gasteiger charge is 2.31. The smallest absolute Gasteiger partial charge is 0.240 e. The van der Waals surface area contributed by atoms with Crippen molar-refractivity contribution in [2.24, 2.45) is 5.73 Å². The summed E-state index contributed by atoms with van der Waals surface area (Å²) in [5, 5.41) is 34.3. The van der Waals surface area contributed by atoms with E-state index in [1.165, 1.54) is 10.7 Å². The van der Waals surface area contributed by atoms with E-state index in [0.717, 1.165) is 0 Å². The summed E-state index contributed by atoms with van der Waals surface area (Å²) in [5.41, 5.74) is 6.12. The number of fused-ring (bicyclic) bond motifs is 1. The number of phenols is 1. The number of hydrogen-bond donors (Lipinski definition) is 3. The van der Waals surface area contributed by atoms with Crippen molar-refractivity contribution in [3.63, 3.8) is 0 Å². The number of carbonyl (C=O) groups excluding carboxylic acids is 1. The summed E-state index contributed by atoms with van der Waals surface area (Å²) >= 11 is 0. The molecule has 186 valence electrons. The summed E-state index contributed by atoms with van der Waals surface area (Å²) in [6.07, 6.45) is 0.147. The molecule has 0 radical (unpaired) electrons. The maximum absolute atomic E-state index is 12.8. The molecule has 12 heteroatoms. The fourth-order valence-electron chi connectivity index (χ4n) is 3.51. The average Bonchev–Trinajstić information content (AvgIpc) is 3.48. The molecule has 2 aromatic carbocycles. The number of tetrazole rings is 1. The van der Waals surface area contributed by atoms with E-state index in [1.54, 1.807) is 38.1 Å². The molecule has 2 aromatic heterocycles. The van der Waals surface area contributed by atoms with E-state index in [0.29, 0.717) is 17.0 Å². The van der Waals surface area contributed by atoms with E-state index in [-0.39, 0.29) is 36.8 Å². The molecule has 36 heavy (non-hydrogen) atoms. The van der Waals surface area contributed by atoms with Gasteiger partial charge in [0.15, 0.2) is 28.8 Å². The van der Waals surface area contributed by atoms with Gasteiger partial charge in [-0.1, -0.05) is 24.3 Å². The third kappa shape index (κ3) is 5.59. The van der Waals surface area contributed by atoms with Gasteiger partial charge in [-0.3, -0.25) is 4.79 Å². The van der Waals surface area contributed by atoms with E-state index in [9.17, 15) is 15.2 Å². The Bertz CT molecular complexity index is 1350.